The van der Waals surface area contributed by atoms with Gasteiger partial charge in [0.05, 0.1) is 5.56 Å². The predicted octanol–water partition coefficient (Wildman–Crippen LogP) is 4.44. The number of halogens is 4. The van der Waals surface area contributed by atoms with E-state index in [1.54, 1.807) is 0 Å². The van der Waals surface area contributed by atoms with E-state index in [1.165, 1.54) is 30.3 Å². The molecule has 2 rings (SSSR count). The lowest BCUT2D eigenvalue weighted by Gasteiger charge is -2.24. The van der Waals surface area contributed by atoms with Crippen LogP contribution in [0.1, 0.15) is 27.9 Å². The largest absolute Gasteiger partial charge is 0.480 e. The molecule has 28 heavy (non-hydrogen) atoms. The van der Waals surface area contributed by atoms with Crippen molar-refractivity contribution in [2.75, 3.05) is 0 Å². The van der Waals surface area contributed by atoms with E-state index in [2.05, 4.69) is 15.9 Å². The van der Waals surface area contributed by atoms with E-state index in [0.29, 0.717) is 10.5 Å². The minimum absolute atomic E-state index is 0.0964. The first kappa shape index (κ1) is 21.6. The highest BCUT2D eigenvalue weighted by molar-refractivity contribution is 9.10. The molecule has 0 aliphatic carbocycles. The van der Waals surface area contributed by atoms with Crippen molar-refractivity contribution in [1.82, 2.24) is 0 Å². The van der Waals surface area contributed by atoms with Crippen molar-refractivity contribution in [3.05, 3.63) is 69.7 Å². The Morgan fingerprint density at radius 1 is 0.929 bits per heavy atom. The molecule has 0 bridgehead atoms. The lowest BCUT2D eigenvalue weighted by atomic mass is 9.76. The number of carboxylic acids is 2. The Morgan fingerprint density at radius 2 is 1.50 bits per heavy atom. The summed E-state index contributed by atoms with van der Waals surface area (Å²) in [5.41, 5.74) is -3.69. The smallest absolute Gasteiger partial charge is 0.416 e. The molecule has 0 heterocycles. The third-order valence-electron chi connectivity index (χ3n) is 4.21. The van der Waals surface area contributed by atoms with Crippen LogP contribution in [0.5, 0.6) is 0 Å². The highest BCUT2D eigenvalue weighted by Crippen LogP contribution is 2.34. The standard InChI is InChI=1S/C19H14BrF3O5/c20-14-6-4-12(5-7-14)15(24)10-18(16(25)26,17(27)28)9-11-2-1-3-13(8-11)19(21,22)23/h1-8H,9-10H2,(H,25,26)(H,27,28). The van der Waals surface area contributed by atoms with Crippen molar-refractivity contribution < 1.29 is 37.8 Å². The molecule has 0 saturated carbocycles. The van der Waals surface area contributed by atoms with Gasteiger partial charge in [0.2, 0.25) is 0 Å². The van der Waals surface area contributed by atoms with Crippen molar-refractivity contribution in [2.24, 2.45) is 5.41 Å². The van der Waals surface area contributed by atoms with Gasteiger partial charge in [0.1, 0.15) is 0 Å². The molecule has 2 N–H and O–H groups in total. The van der Waals surface area contributed by atoms with E-state index in [0.717, 1.165) is 12.1 Å². The summed E-state index contributed by atoms with van der Waals surface area (Å²) in [6, 6.07) is 9.58. The van der Waals surface area contributed by atoms with E-state index in [4.69, 9.17) is 0 Å². The average molecular weight is 459 g/mol. The maximum Gasteiger partial charge on any atom is 0.416 e. The number of carbonyl (C=O) groups excluding carboxylic acids is 1. The van der Waals surface area contributed by atoms with Crippen LogP contribution < -0.4 is 0 Å². The summed E-state index contributed by atoms with van der Waals surface area (Å²) >= 11 is 3.18. The second-order valence-electron chi connectivity index (χ2n) is 6.17. The zero-order chi connectivity index (χ0) is 21.1. The number of carboxylic acid groups (broad SMARTS) is 2. The minimum atomic E-state index is -4.67. The van der Waals surface area contributed by atoms with Gasteiger partial charge in [-0.3, -0.25) is 14.4 Å². The van der Waals surface area contributed by atoms with Crippen LogP contribution in [0.25, 0.3) is 0 Å². The van der Waals surface area contributed by atoms with Crippen molar-refractivity contribution in [1.29, 1.82) is 0 Å². The molecule has 148 valence electrons. The highest BCUT2D eigenvalue weighted by Gasteiger charge is 2.48. The van der Waals surface area contributed by atoms with Crippen LogP contribution in [0.15, 0.2) is 53.0 Å². The Bertz CT molecular complexity index is 893. The van der Waals surface area contributed by atoms with E-state index >= 15 is 0 Å². The fourth-order valence-corrected chi connectivity index (χ4v) is 2.94. The number of hydrogen-bond acceptors (Lipinski definition) is 3. The molecular formula is C19H14BrF3O5. The number of hydrogen-bond donors (Lipinski definition) is 2. The van der Waals surface area contributed by atoms with Gasteiger partial charge in [0.15, 0.2) is 11.2 Å². The van der Waals surface area contributed by atoms with Gasteiger partial charge >= 0.3 is 18.1 Å². The SMILES string of the molecule is O=C(CC(Cc1cccc(C(F)(F)F)c1)(C(=O)O)C(=O)O)c1ccc(Br)cc1. The first-order valence-electron chi connectivity index (χ1n) is 7.87. The molecule has 0 radical (unpaired) electrons. The molecule has 0 aliphatic heterocycles. The Balaban J connectivity index is 2.41. The van der Waals surface area contributed by atoms with Gasteiger partial charge in [-0.15, -0.1) is 0 Å². The van der Waals surface area contributed by atoms with Crippen molar-refractivity contribution in [3.63, 3.8) is 0 Å². The minimum Gasteiger partial charge on any atom is -0.480 e. The number of rotatable bonds is 7. The van der Waals surface area contributed by atoms with Crippen molar-refractivity contribution >= 4 is 33.7 Å². The molecule has 9 heteroatoms. The lowest BCUT2D eigenvalue weighted by Crippen LogP contribution is -2.43. The number of ketones is 1. The summed E-state index contributed by atoms with van der Waals surface area (Å²) in [4.78, 5) is 36.1. The van der Waals surface area contributed by atoms with Crippen LogP contribution in [-0.2, 0) is 22.2 Å². The third-order valence-corrected chi connectivity index (χ3v) is 4.74. The van der Waals surface area contributed by atoms with E-state index in [9.17, 15) is 37.8 Å². The fraction of sp³-hybridized carbons (Fsp3) is 0.211. The second-order valence-corrected chi connectivity index (χ2v) is 7.09. The summed E-state index contributed by atoms with van der Waals surface area (Å²) in [7, 11) is 0. The zero-order valence-electron chi connectivity index (χ0n) is 14.2. The zero-order valence-corrected chi connectivity index (χ0v) is 15.8. The first-order chi connectivity index (χ1) is 13.0. The van der Waals surface area contributed by atoms with Crippen LogP contribution >= 0.6 is 15.9 Å². The first-order valence-corrected chi connectivity index (χ1v) is 8.67. The summed E-state index contributed by atoms with van der Waals surface area (Å²) in [6.45, 7) is 0. The average Bonchev–Trinajstić information content (AvgIpc) is 2.60. The van der Waals surface area contributed by atoms with Crippen LogP contribution in [0.4, 0.5) is 13.2 Å². The quantitative estimate of drug-likeness (QED) is 0.472. The van der Waals surface area contributed by atoms with Crippen molar-refractivity contribution in [3.8, 4) is 0 Å². The van der Waals surface area contributed by atoms with Gasteiger partial charge in [0.25, 0.3) is 0 Å². The molecule has 2 aromatic rings. The molecule has 0 amide bonds. The molecular weight excluding hydrogens is 445 g/mol. The molecule has 2 aromatic carbocycles. The number of carbonyl (C=O) groups is 3. The molecule has 0 unspecified atom stereocenters. The van der Waals surface area contributed by atoms with Gasteiger partial charge in [-0.1, -0.05) is 46.3 Å². The lowest BCUT2D eigenvalue weighted by molar-refractivity contribution is -0.164. The molecule has 0 spiro atoms. The molecule has 0 aromatic heterocycles. The van der Waals surface area contributed by atoms with Gasteiger partial charge < -0.3 is 10.2 Å². The molecule has 0 saturated heterocycles. The fourth-order valence-electron chi connectivity index (χ4n) is 2.67. The Morgan fingerprint density at radius 3 is 2.00 bits per heavy atom. The normalized spacial score (nSPS) is 11.9. The van der Waals surface area contributed by atoms with E-state index < -0.39 is 47.7 Å². The number of aliphatic carboxylic acids is 2. The van der Waals surface area contributed by atoms with Gasteiger partial charge in [-0.05, 0) is 30.2 Å². The second kappa shape index (κ2) is 8.14. The molecule has 5 nitrogen and oxygen atoms in total. The topological polar surface area (TPSA) is 91.7 Å². The van der Waals surface area contributed by atoms with Crippen molar-refractivity contribution in [2.45, 2.75) is 19.0 Å². The third kappa shape index (κ3) is 4.78. The van der Waals surface area contributed by atoms with E-state index in [1.807, 2.05) is 0 Å². The highest BCUT2D eigenvalue weighted by atomic mass is 79.9. The number of Topliss-reactive ketones (excluding diaryl/α,β-unsaturated/α-hetero) is 1. The van der Waals surface area contributed by atoms with Crippen LogP contribution in [0.2, 0.25) is 0 Å². The number of alkyl halides is 3. The number of benzene rings is 2. The molecule has 0 atom stereocenters. The summed E-state index contributed by atoms with van der Waals surface area (Å²) in [5, 5.41) is 19.1. The summed E-state index contributed by atoms with van der Waals surface area (Å²) in [5.74, 6) is -4.35. The molecule has 0 fully saturated rings. The predicted molar refractivity (Wildman–Crippen MR) is 95.9 cm³/mol. The van der Waals surface area contributed by atoms with Gasteiger partial charge in [-0.2, -0.15) is 13.2 Å². The Labute approximate surface area is 165 Å². The Kier molecular flexibility index (Phi) is 6.28. The van der Waals surface area contributed by atoms with Crippen LogP contribution in [0.3, 0.4) is 0 Å². The summed E-state index contributed by atoms with van der Waals surface area (Å²) < 4.78 is 39.3. The van der Waals surface area contributed by atoms with Crippen LogP contribution in [-0.4, -0.2) is 27.9 Å². The van der Waals surface area contributed by atoms with Crippen LogP contribution in [0, 0.1) is 5.41 Å². The van der Waals surface area contributed by atoms with Gasteiger partial charge in [0, 0.05) is 16.5 Å². The Hall–Kier alpha value is -2.68. The molecule has 0 aliphatic rings. The monoisotopic (exact) mass is 458 g/mol. The van der Waals surface area contributed by atoms with E-state index in [-0.39, 0.29) is 11.1 Å². The summed E-state index contributed by atoms with van der Waals surface area (Å²) in [6.07, 6.45) is -6.35. The maximum atomic E-state index is 12.9. The van der Waals surface area contributed by atoms with Gasteiger partial charge in [-0.25, -0.2) is 0 Å². The maximum absolute atomic E-state index is 12.9.